The third kappa shape index (κ3) is 37.5. The summed E-state index contributed by atoms with van der Waals surface area (Å²) in [5.41, 5.74) is 0. The van der Waals surface area contributed by atoms with Crippen LogP contribution in [0.1, 0.15) is 200 Å². The van der Waals surface area contributed by atoms with Crippen LogP contribution < -0.4 is 0 Å². The lowest BCUT2D eigenvalue weighted by molar-refractivity contribution is -0.161. The van der Waals surface area contributed by atoms with Crippen LogP contribution in [0.25, 0.3) is 0 Å². The van der Waals surface area contributed by atoms with Gasteiger partial charge in [-0.05, 0) is 38.5 Å². The Morgan fingerprint density at radius 3 is 1.32 bits per heavy atom. The molecule has 8 nitrogen and oxygen atoms in total. The number of unbranched alkanes of at least 4 members (excludes halogenated alkanes) is 24. The number of carbonyl (C=O) groups is 2. The summed E-state index contributed by atoms with van der Waals surface area (Å²) in [5, 5.41) is 0. The Kier molecular flexibility index (Phi) is 33.8. The van der Waals surface area contributed by atoms with E-state index in [0.717, 1.165) is 44.9 Å². The Labute approximate surface area is 288 Å². The van der Waals surface area contributed by atoms with E-state index in [1.165, 1.54) is 122 Å². The van der Waals surface area contributed by atoms with Crippen molar-refractivity contribution in [2.24, 2.45) is 0 Å². The molecular formula is C38H73O8P. The molecule has 2 N–H and O–H groups in total. The van der Waals surface area contributed by atoms with E-state index in [1.807, 2.05) is 0 Å². The Morgan fingerprint density at radius 1 is 0.532 bits per heavy atom. The van der Waals surface area contributed by atoms with E-state index in [4.69, 9.17) is 19.3 Å². The molecule has 0 aliphatic rings. The number of ether oxygens (including phenoxy) is 2. The smallest absolute Gasteiger partial charge is 0.462 e. The molecule has 0 aromatic heterocycles. The second-order valence-corrected chi connectivity index (χ2v) is 14.5. The summed E-state index contributed by atoms with van der Waals surface area (Å²) in [6.45, 7) is 3.68. The van der Waals surface area contributed by atoms with Crippen LogP contribution in [0.5, 0.6) is 0 Å². The first-order valence-corrected chi connectivity index (χ1v) is 21.0. The second kappa shape index (κ2) is 34.6. The normalized spacial score (nSPS) is 12.5. The molecule has 278 valence electrons. The van der Waals surface area contributed by atoms with E-state index < -0.39 is 32.5 Å². The van der Waals surface area contributed by atoms with Gasteiger partial charge in [-0.25, -0.2) is 4.57 Å². The first kappa shape index (κ1) is 45.8. The average molecular weight is 689 g/mol. The summed E-state index contributed by atoms with van der Waals surface area (Å²) < 4.78 is 26.3. The van der Waals surface area contributed by atoms with E-state index in [9.17, 15) is 14.2 Å². The molecule has 0 aromatic carbocycles. The minimum atomic E-state index is -4.75. The topological polar surface area (TPSA) is 119 Å². The van der Waals surface area contributed by atoms with Crippen LogP contribution in [0.3, 0.4) is 0 Å². The molecule has 0 aliphatic heterocycles. The van der Waals surface area contributed by atoms with Crippen molar-refractivity contribution in [1.29, 1.82) is 0 Å². The summed E-state index contributed by atoms with van der Waals surface area (Å²) >= 11 is 0. The summed E-state index contributed by atoms with van der Waals surface area (Å²) in [4.78, 5) is 42.7. The molecule has 0 saturated carbocycles. The van der Waals surface area contributed by atoms with E-state index in [0.29, 0.717) is 6.42 Å². The monoisotopic (exact) mass is 689 g/mol. The number of phosphoric ester groups is 1. The summed E-state index contributed by atoms with van der Waals surface area (Å²) in [6.07, 6.45) is 36.4. The molecule has 1 atom stereocenters. The number of allylic oxidation sites excluding steroid dienone is 2. The maximum atomic E-state index is 12.3. The number of phosphoric acid groups is 1. The van der Waals surface area contributed by atoms with Crippen molar-refractivity contribution in [2.45, 2.75) is 206 Å². The third-order valence-corrected chi connectivity index (χ3v) is 9.02. The molecule has 0 heterocycles. The van der Waals surface area contributed by atoms with Crippen LogP contribution in [0.4, 0.5) is 0 Å². The van der Waals surface area contributed by atoms with Gasteiger partial charge in [-0.2, -0.15) is 0 Å². The average Bonchev–Trinajstić information content (AvgIpc) is 3.03. The highest BCUT2D eigenvalue weighted by molar-refractivity contribution is 7.46. The molecule has 0 aromatic rings. The fourth-order valence-electron chi connectivity index (χ4n) is 5.60. The van der Waals surface area contributed by atoms with Gasteiger partial charge in [0.05, 0.1) is 6.61 Å². The van der Waals surface area contributed by atoms with E-state index in [2.05, 4.69) is 30.5 Å². The molecule has 0 amide bonds. The fourth-order valence-corrected chi connectivity index (χ4v) is 5.96. The number of esters is 2. The van der Waals surface area contributed by atoms with Crippen molar-refractivity contribution < 1.29 is 37.9 Å². The first-order valence-electron chi connectivity index (χ1n) is 19.5. The minimum absolute atomic E-state index is 0.196. The molecule has 0 bridgehead atoms. The van der Waals surface area contributed by atoms with Gasteiger partial charge in [-0.3, -0.25) is 14.1 Å². The predicted octanol–water partition coefficient (Wildman–Crippen LogP) is 11.5. The number of hydrogen-bond acceptors (Lipinski definition) is 6. The van der Waals surface area contributed by atoms with Gasteiger partial charge < -0.3 is 19.3 Å². The summed E-state index contributed by atoms with van der Waals surface area (Å²) in [7, 11) is -4.75. The van der Waals surface area contributed by atoms with E-state index >= 15 is 0 Å². The van der Waals surface area contributed by atoms with Gasteiger partial charge in [-0.15, -0.1) is 0 Å². The maximum absolute atomic E-state index is 12.3. The lowest BCUT2D eigenvalue weighted by Gasteiger charge is -2.18. The van der Waals surface area contributed by atoms with Crippen molar-refractivity contribution in [3.05, 3.63) is 12.2 Å². The number of carbonyl (C=O) groups excluding carboxylic acids is 2. The van der Waals surface area contributed by atoms with Gasteiger partial charge in [0.2, 0.25) is 0 Å². The van der Waals surface area contributed by atoms with Crippen molar-refractivity contribution in [3.8, 4) is 0 Å². The van der Waals surface area contributed by atoms with Gasteiger partial charge in [-0.1, -0.05) is 161 Å². The first-order chi connectivity index (χ1) is 22.8. The lowest BCUT2D eigenvalue weighted by atomic mass is 10.0. The minimum Gasteiger partial charge on any atom is -0.462 e. The van der Waals surface area contributed by atoms with Crippen LogP contribution in [0, 0.1) is 0 Å². The Morgan fingerprint density at radius 2 is 0.894 bits per heavy atom. The number of rotatable bonds is 36. The van der Waals surface area contributed by atoms with Crippen LogP contribution in [0.15, 0.2) is 12.2 Å². The van der Waals surface area contributed by atoms with Crippen molar-refractivity contribution >= 4 is 19.8 Å². The SMILES string of the molecule is CCCCCCCCCC/C=C/CCCCCC(=O)O[C@H](COC(=O)CCCCCCCCCCCCCCCC)COP(=O)(O)O. The van der Waals surface area contributed by atoms with E-state index in [1.54, 1.807) is 0 Å². The van der Waals surface area contributed by atoms with Gasteiger partial charge in [0.15, 0.2) is 6.10 Å². The molecule has 0 spiro atoms. The summed E-state index contributed by atoms with van der Waals surface area (Å²) in [6, 6.07) is 0. The van der Waals surface area contributed by atoms with Gasteiger partial charge in [0.1, 0.15) is 6.61 Å². The zero-order chi connectivity index (χ0) is 34.7. The second-order valence-electron chi connectivity index (χ2n) is 13.3. The molecule has 0 radical (unpaired) electrons. The van der Waals surface area contributed by atoms with Crippen molar-refractivity contribution in [3.63, 3.8) is 0 Å². The molecular weight excluding hydrogens is 615 g/mol. The maximum Gasteiger partial charge on any atom is 0.469 e. The molecule has 0 unspecified atom stereocenters. The zero-order valence-electron chi connectivity index (χ0n) is 30.4. The number of hydrogen-bond donors (Lipinski definition) is 2. The van der Waals surface area contributed by atoms with Crippen LogP contribution >= 0.6 is 7.82 Å². The zero-order valence-corrected chi connectivity index (χ0v) is 31.3. The Bertz CT molecular complexity index is 782. The highest BCUT2D eigenvalue weighted by Gasteiger charge is 2.22. The molecule has 0 aliphatic carbocycles. The van der Waals surface area contributed by atoms with Crippen LogP contribution in [0.2, 0.25) is 0 Å². The lowest BCUT2D eigenvalue weighted by Crippen LogP contribution is -2.29. The molecule has 0 rings (SSSR count). The Balaban J connectivity index is 3.95. The van der Waals surface area contributed by atoms with Gasteiger partial charge in [0.25, 0.3) is 0 Å². The predicted molar refractivity (Wildman–Crippen MR) is 193 cm³/mol. The molecule has 0 fully saturated rings. The largest absolute Gasteiger partial charge is 0.469 e. The summed E-state index contributed by atoms with van der Waals surface area (Å²) in [5.74, 6) is -0.894. The van der Waals surface area contributed by atoms with Gasteiger partial charge >= 0.3 is 19.8 Å². The third-order valence-electron chi connectivity index (χ3n) is 8.53. The quantitative estimate of drug-likeness (QED) is 0.0289. The molecule has 47 heavy (non-hydrogen) atoms. The van der Waals surface area contributed by atoms with E-state index in [-0.39, 0.29) is 19.4 Å². The molecule has 0 saturated heterocycles. The highest BCUT2D eigenvalue weighted by Crippen LogP contribution is 2.36. The van der Waals surface area contributed by atoms with Crippen LogP contribution in [-0.2, 0) is 28.2 Å². The highest BCUT2D eigenvalue weighted by atomic mass is 31.2. The van der Waals surface area contributed by atoms with Crippen LogP contribution in [-0.4, -0.2) is 41.0 Å². The molecule has 9 heteroatoms. The Hall–Kier alpha value is -1.21. The van der Waals surface area contributed by atoms with Gasteiger partial charge in [0, 0.05) is 12.8 Å². The fraction of sp³-hybridized carbons (Fsp3) is 0.895. The standard InChI is InChI=1S/C38H73O8P/c1-3-5-7-9-11-13-15-17-19-21-23-25-27-29-31-33-38(40)46-36(35-45-47(41,42)43)34-44-37(39)32-30-28-26-24-22-20-18-16-14-12-10-8-6-4-2/h21,23,36H,3-20,22,24-35H2,1-2H3,(H2,41,42,43)/b23-21+/t36-/m1/s1. The van der Waals surface area contributed by atoms with Crippen molar-refractivity contribution in [1.82, 2.24) is 0 Å². The van der Waals surface area contributed by atoms with Crippen molar-refractivity contribution in [2.75, 3.05) is 13.2 Å².